The van der Waals surface area contributed by atoms with E-state index in [0.29, 0.717) is 4.73 Å². The molecule has 8 N–H and O–H groups in total. The number of hydrogen-bond acceptors (Lipinski definition) is 7. The number of nitrogens with zero attached hydrogens (tertiary/aromatic N) is 2. The molecule has 1 heterocycles. The molecule has 0 radical (unpaired) electrons. The van der Waals surface area contributed by atoms with Gasteiger partial charge >= 0.3 is 5.82 Å². The maximum atomic E-state index is 11.7. The molecular weight excluding hydrogens is 226 g/mol. The Hall–Kier alpha value is -1.93. The van der Waals surface area contributed by atoms with Gasteiger partial charge in [0.25, 0.3) is 0 Å². The molecular formula is C9H17N5O3. The fourth-order valence-corrected chi connectivity index (χ4v) is 1.53. The molecule has 1 rings (SSSR count). The molecule has 0 aromatic carbocycles. The molecule has 0 aliphatic rings. The summed E-state index contributed by atoms with van der Waals surface area (Å²) in [5, 5.41) is 29.5. The van der Waals surface area contributed by atoms with Crippen molar-refractivity contribution in [2.75, 3.05) is 48.4 Å². The molecule has 0 fully saturated rings. The minimum absolute atomic E-state index is 0.0434. The maximum absolute atomic E-state index is 11.7. The molecule has 1 aromatic rings. The summed E-state index contributed by atoms with van der Waals surface area (Å²) in [5.41, 5.74) is 17.1. The second kappa shape index (κ2) is 5.41. The van der Waals surface area contributed by atoms with Crippen molar-refractivity contribution in [2.45, 2.75) is 0 Å². The van der Waals surface area contributed by atoms with Crippen LogP contribution in [0, 0.1) is 5.21 Å². The Morgan fingerprint density at radius 2 is 1.65 bits per heavy atom. The van der Waals surface area contributed by atoms with Gasteiger partial charge in [-0.2, -0.15) is 0 Å². The van der Waals surface area contributed by atoms with Gasteiger partial charge in [0.1, 0.15) is 25.0 Å². The number of anilines is 4. The van der Waals surface area contributed by atoms with Gasteiger partial charge in [0.2, 0.25) is 0 Å². The van der Waals surface area contributed by atoms with E-state index in [1.165, 1.54) is 4.90 Å². The third-order valence-electron chi connectivity index (χ3n) is 2.35. The quantitative estimate of drug-likeness (QED) is 0.292. The Balaban J connectivity index is 3.22. The molecule has 0 aliphatic heterocycles. The minimum Gasteiger partial charge on any atom is -0.710 e. The maximum Gasteiger partial charge on any atom is 0.305 e. The van der Waals surface area contributed by atoms with Crippen LogP contribution < -0.4 is 26.8 Å². The summed E-state index contributed by atoms with van der Waals surface area (Å²) in [6.45, 7) is -0.0276. The Kier molecular flexibility index (Phi) is 4.18. The molecule has 1 aromatic heterocycles. The fraction of sp³-hybridized carbons (Fsp3) is 0.444. The standard InChI is InChI=1S/C9H17N5O3/c10-6-5-14(17)9(8(12)7(6)11)13(1-3-15)2-4-16/h5,15-16H,1-4,10-12H2. The van der Waals surface area contributed by atoms with Gasteiger partial charge in [-0.05, 0) is 0 Å². The van der Waals surface area contributed by atoms with E-state index in [4.69, 9.17) is 27.4 Å². The topological polar surface area (TPSA) is 149 Å². The number of pyridine rings is 1. The average Bonchev–Trinajstić information content (AvgIpc) is 2.27. The van der Waals surface area contributed by atoms with Gasteiger partial charge in [0.15, 0.2) is 0 Å². The van der Waals surface area contributed by atoms with Crippen LogP contribution in [-0.2, 0) is 0 Å². The highest BCUT2D eigenvalue weighted by Gasteiger charge is 2.23. The lowest BCUT2D eigenvalue weighted by Crippen LogP contribution is -2.42. The Labute approximate surface area is 98.4 Å². The van der Waals surface area contributed by atoms with Crippen molar-refractivity contribution < 1.29 is 14.9 Å². The molecule has 0 aliphatic carbocycles. The third-order valence-corrected chi connectivity index (χ3v) is 2.35. The summed E-state index contributed by atoms with van der Waals surface area (Å²) in [4.78, 5) is 1.44. The summed E-state index contributed by atoms with van der Waals surface area (Å²) in [6.07, 6.45) is 1.10. The van der Waals surface area contributed by atoms with Gasteiger partial charge in [-0.3, -0.25) is 4.90 Å². The van der Waals surface area contributed by atoms with E-state index in [9.17, 15) is 5.21 Å². The first-order chi connectivity index (χ1) is 8.02. The van der Waals surface area contributed by atoms with Gasteiger partial charge in [0, 0.05) is 0 Å². The molecule has 0 amide bonds. The van der Waals surface area contributed by atoms with Crippen molar-refractivity contribution in [3.05, 3.63) is 11.4 Å². The van der Waals surface area contributed by atoms with Crippen LogP contribution in [0.3, 0.4) is 0 Å². The summed E-state index contributed by atoms with van der Waals surface area (Å²) in [6, 6.07) is 0. The number of rotatable bonds is 5. The number of nitrogens with two attached hydrogens (primary N) is 3. The second-order valence-electron chi connectivity index (χ2n) is 3.50. The highest BCUT2D eigenvalue weighted by atomic mass is 16.5. The Morgan fingerprint density at radius 3 is 2.12 bits per heavy atom. The minimum atomic E-state index is -0.177. The lowest BCUT2D eigenvalue weighted by molar-refractivity contribution is -0.590. The van der Waals surface area contributed by atoms with E-state index in [2.05, 4.69) is 0 Å². The Morgan fingerprint density at radius 1 is 1.12 bits per heavy atom. The first kappa shape index (κ1) is 13.1. The van der Waals surface area contributed by atoms with Crippen LogP contribution in [0.15, 0.2) is 6.20 Å². The first-order valence-corrected chi connectivity index (χ1v) is 5.06. The van der Waals surface area contributed by atoms with Crippen LogP contribution in [0.25, 0.3) is 0 Å². The normalized spacial score (nSPS) is 10.5. The molecule has 96 valence electrons. The largest absolute Gasteiger partial charge is 0.710 e. The predicted octanol–water partition coefficient (Wildman–Crippen LogP) is -2.14. The predicted molar refractivity (Wildman–Crippen MR) is 65.0 cm³/mol. The van der Waals surface area contributed by atoms with Crippen molar-refractivity contribution in [1.29, 1.82) is 0 Å². The van der Waals surface area contributed by atoms with Gasteiger partial charge in [0.05, 0.1) is 24.6 Å². The highest BCUT2D eigenvalue weighted by molar-refractivity contribution is 5.82. The van der Waals surface area contributed by atoms with E-state index in [1.54, 1.807) is 0 Å². The van der Waals surface area contributed by atoms with Gasteiger partial charge in [-0.1, -0.05) is 0 Å². The number of nitrogen functional groups attached to an aromatic ring is 3. The van der Waals surface area contributed by atoms with Crippen molar-refractivity contribution >= 4 is 22.9 Å². The summed E-state index contributed by atoms with van der Waals surface area (Å²) < 4.78 is 0.479. The molecule has 8 heteroatoms. The lowest BCUT2D eigenvalue weighted by Gasteiger charge is -2.22. The van der Waals surface area contributed by atoms with Crippen LogP contribution in [0.2, 0.25) is 0 Å². The molecule has 0 bridgehead atoms. The third kappa shape index (κ3) is 2.60. The van der Waals surface area contributed by atoms with E-state index >= 15 is 0 Å². The number of aromatic nitrogens is 1. The van der Waals surface area contributed by atoms with Crippen molar-refractivity contribution in [3.63, 3.8) is 0 Å². The van der Waals surface area contributed by atoms with Crippen LogP contribution in [0.5, 0.6) is 0 Å². The zero-order valence-corrected chi connectivity index (χ0v) is 9.33. The van der Waals surface area contributed by atoms with Crippen molar-refractivity contribution in [1.82, 2.24) is 0 Å². The van der Waals surface area contributed by atoms with Crippen molar-refractivity contribution in [2.24, 2.45) is 0 Å². The number of hydrogen-bond donors (Lipinski definition) is 5. The molecule has 0 saturated carbocycles. The molecule has 0 spiro atoms. The monoisotopic (exact) mass is 243 g/mol. The fourth-order valence-electron chi connectivity index (χ4n) is 1.53. The smallest absolute Gasteiger partial charge is 0.305 e. The SMILES string of the molecule is Nc1c[n+]([O-])c(N(CCO)CCO)c(N)c1N. The van der Waals surface area contributed by atoms with E-state index in [1.807, 2.05) is 0 Å². The molecule has 17 heavy (non-hydrogen) atoms. The Bertz CT molecular complexity index is 393. The van der Waals surface area contributed by atoms with Crippen LogP contribution in [0.4, 0.5) is 22.9 Å². The van der Waals surface area contributed by atoms with Gasteiger partial charge in [-0.15, -0.1) is 0 Å². The highest BCUT2D eigenvalue weighted by Crippen LogP contribution is 2.28. The lowest BCUT2D eigenvalue weighted by atomic mass is 10.2. The van der Waals surface area contributed by atoms with E-state index < -0.39 is 0 Å². The van der Waals surface area contributed by atoms with Gasteiger partial charge in [-0.25, -0.2) is 4.73 Å². The van der Waals surface area contributed by atoms with Crippen molar-refractivity contribution in [3.8, 4) is 0 Å². The van der Waals surface area contributed by atoms with E-state index in [0.717, 1.165) is 6.20 Å². The second-order valence-corrected chi connectivity index (χ2v) is 3.50. The number of aliphatic hydroxyl groups is 2. The average molecular weight is 243 g/mol. The van der Waals surface area contributed by atoms with Crippen LogP contribution in [0.1, 0.15) is 0 Å². The van der Waals surface area contributed by atoms with Crippen LogP contribution >= 0.6 is 0 Å². The summed E-state index contributed by atoms with van der Waals surface area (Å²) in [7, 11) is 0. The molecule has 0 unspecified atom stereocenters. The summed E-state index contributed by atoms with van der Waals surface area (Å²) in [5.74, 6) is 0.0831. The zero-order chi connectivity index (χ0) is 13.0. The van der Waals surface area contributed by atoms with E-state index in [-0.39, 0.29) is 49.2 Å². The zero-order valence-electron chi connectivity index (χ0n) is 9.33. The molecule has 0 atom stereocenters. The van der Waals surface area contributed by atoms with Crippen LogP contribution in [-0.4, -0.2) is 36.5 Å². The first-order valence-electron chi connectivity index (χ1n) is 5.06. The summed E-state index contributed by atoms with van der Waals surface area (Å²) >= 11 is 0. The molecule has 0 saturated heterocycles. The number of aliphatic hydroxyl groups excluding tert-OH is 2. The van der Waals surface area contributed by atoms with Gasteiger partial charge < -0.3 is 32.6 Å². The molecule has 8 nitrogen and oxygen atoms in total.